The molecule has 0 fully saturated rings. The van der Waals surface area contributed by atoms with Gasteiger partial charge in [-0.15, -0.1) is 0 Å². The van der Waals surface area contributed by atoms with Crippen molar-refractivity contribution in [3.63, 3.8) is 0 Å². The summed E-state index contributed by atoms with van der Waals surface area (Å²) in [7, 11) is 0. The quantitative estimate of drug-likeness (QED) is 0.851. The van der Waals surface area contributed by atoms with Crippen molar-refractivity contribution in [1.29, 1.82) is 0 Å². The number of aryl methyl sites for hydroxylation is 1. The molecule has 2 N–H and O–H groups in total. The highest BCUT2D eigenvalue weighted by molar-refractivity contribution is 7.99. The van der Waals surface area contributed by atoms with Gasteiger partial charge in [0, 0.05) is 22.2 Å². The highest BCUT2D eigenvalue weighted by atomic mass is 32.2. The van der Waals surface area contributed by atoms with Gasteiger partial charge in [0.05, 0.1) is 23.6 Å². The molecule has 2 heterocycles. The molecule has 1 amide bonds. The Morgan fingerprint density at radius 2 is 2.23 bits per heavy atom. The second-order valence-corrected chi connectivity index (χ2v) is 6.92. The van der Waals surface area contributed by atoms with Gasteiger partial charge in [0.15, 0.2) is 0 Å². The van der Waals surface area contributed by atoms with Gasteiger partial charge in [-0.3, -0.25) is 9.78 Å². The maximum Gasteiger partial charge on any atom is 0.253 e. The average molecular weight is 336 g/mol. The predicted molar refractivity (Wildman–Crippen MR) is 93.6 cm³/mol. The summed E-state index contributed by atoms with van der Waals surface area (Å²) in [6.07, 6.45) is 1.92. The second-order valence-electron chi connectivity index (χ2n) is 5.06. The van der Waals surface area contributed by atoms with E-state index in [9.17, 15) is 9.90 Å². The van der Waals surface area contributed by atoms with Crippen molar-refractivity contribution in [3.05, 3.63) is 40.2 Å². The maximum atomic E-state index is 12.4. The van der Waals surface area contributed by atoms with Gasteiger partial charge in [-0.05, 0) is 43.7 Å². The fourth-order valence-electron chi connectivity index (χ4n) is 2.19. The molecule has 0 aliphatic heterocycles. The lowest BCUT2D eigenvalue weighted by Gasteiger charge is -2.21. The van der Waals surface area contributed by atoms with E-state index in [4.69, 9.17) is 0 Å². The minimum absolute atomic E-state index is 0.0118. The van der Waals surface area contributed by atoms with Gasteiger partial charge in [0.2, 0.25) is 0 Å². The third-order valence-corrected chi connectivity index (χ3v) is 5.39. The normalized spacial score (nSPS) is 13.6. The summed E-state index contributed by atoms with van der Waals surface area (Å²) in [5.74, 6) is -0.151. The maximum absolute atomic E-state index is 12.4. The number of aromatic nitrogens is 1. The SMILES string of the molecule is CSC(CO)C(C)NC(=O)c1ccc(-c2ccsc2)nc1C. The summed E-state index contributed by atoms with van der Waals surface area (Å²) < 4.78 is 0. The van der Waals surface area contributed by atoms with Crippen molar-refractivity contribution < 1.29 is 9.90 Å². The monoisotopic (exact) mass is 336 g/mol. The van der Waals surface area contributed by atoms with E-state index in [1.165, 1.54) is 0 Å². The van der Waals surface area contributed by atoms with Crippen LogP contribution in [-0.2, 0) is 0 Å². The zero-order chi connectivity index (χ0) is 16.1. The zero-order valence-corrected chi connectivity index (χ0v) is 14.5. The van der Waals surface area contributed by atoms with E-state index < -0.39 is 0 Å². The fraction of sp³-hybridized carbons (Fsp3) is 0.375. The molecule has 118 valence electrons. The van der Waals surface area contributed by atoms with Gasteiger partial charge < -0.3 is 10.4 Å². The van der Waals surface area contributed by atoms with E-state index in [2.05, 4.69) is 10.3 Å². The second kappa shape index (κ2) is 7.76. The number of carbonyl (C=O) groups is 1. The number of hydrogen-bond acceptors (Lipinski definition) is 5. The summed E-state index contributed by atoms with van der Waals surface area (Å²) in [4.78, 5) is 16.9. The fourth-order valence-corrected chi connectivity index (χ4v) is 3.46. The molecule has 0 saturated carbocycles. The van der Waals surface area contributed by atoms with Crippen LogP contribution in [0.5, 0.6) is 0 Å². The van der Waals surface area contributed by atoms with Crippen LogP contribution in [-0.4, -0.2) is 40.2 Å². The Balaban J connectivity index is 2.14. The van der Waals surface area contributed by atoms with Gasteiger partial charge >= 0.3 is 0 Å². The first-order chi connectivity index (χ1) is 10.6. The number of thioether (sulfide) groups is 1. The van der Waals surface area contributed by atoms with Crippen molar-refractivity contribution >= 4 is 29.0 Å². The van der Waals surface area contributed by atoms with Crippen LogP contribution in [0.15, 0.2) is 29.0 Å². The Kier molecular flexibility index (Phi) is 5.99. The van der Waals surface area contributed by atoms with Crippen molar-refractivity contribution in [2.45, 2.75) is 25.1 Å². The molecule has 2 atom stereocenters. The number of pyridine rings is 1. The minimum Gasteiger partial charge on any atom is -0.395 e. The van der Waals surface area contributed by atoms with Crippen LogP contribution < -0.4 is 5.32 Å². The van der Waals surface area contributed by atoms with Gasteiger partial charge in [-0.2, -0.15) is 23.1 Å². The van der Waals surface area contributed by atoms with E-state index in [0.29, 0.717) is 11.3 Å². The van der Waals surface area contributed by atoms with E-state index in [1.807, 2.05) is 49.1 Å². The van der Waals surface area contributed by atoms with Crippen LogP contribution in [0.4, 0.5) is 0 Å². The molecule has 0 radical (unpaired) electrons. The first-order valence-corrected chi connectivity index (χ1v) is 9.24. The number of nitrogens with one attached hydrogen (secondary N) is 1. The number of hydrogen-bond donors (Lipinski definition) is 2. The zero-order valence-electron chi connectivity index (χ0n) is 12.9. The smallest absolute Gasteiger partial charge is 0.253 e. The first-order valence-electron chi connectivity index (χ1n) is 7.01. The van der Waals surface area contributed by atoms with Crippen LogP contribution >= 0.6 is 23.1 Å². The largest absolute Gasteiger partial charge is 0.395 e. The van der Waals surface area contributed by atoms with Crippen LogP contribution in [0.3, 0.4) is 0 Å². The molecule has 0 aliphatic rings. The molecule has 0 bridgehead atoms. The molecule has 0 spiro atoms. The number of nitrogens with zero attached hydrogens (tertiary/aromatic N) is 1. The van der Waals surface area contributed by atoms with E-state index in [1.54, 1.807) is 23.1 Å². The number of amides is 1. The molecule has 0 aliphatic carbocycles. The highest BCUT2D eigenvalue weighted by Crippen LogP contribution is 2.21. The summed E-state index contributed by atoms with van der Waals surface area (Å²) in [5.41, 5.74) is 3.22. The molecule has 22 heavy (non-hydrogen) atoms. The third kappa shape index (κ3) is 3.88. The third-order valence-electron chi connectivity index (χ3n) is 3.55. The van der Waals surface area contributed by atoms with Gasteiger partial charge in [-0.25, -0.2) is 0 Å². The number of aliphatic hydroxyl groups excluding tert-OH is 1. The molecule has 0 saturated heterocycles. The Hall–Kier alpha value is -1.37. The predicted octanol–water partition coefficient (Wildman–Crippen LogP) is 2.96. The topological polar surface area (TPSA) is 62.2 Å². The minimum atomic E-state index is -0.151. The van der Waals surface area contributed by atoms with Crippen molar-refractivity contribution in [2.75, 3.05) is 12.9 Å². The molecule has 2 unspecified atom stereocenters. The molecule has 2 aromatic heterocycles. The number of rotatable bonds is 6. The molecule has 4 nitrogen and oxygen atoms in total. The molecular weight excluding hydrogens is 316 g/mol. The van der Waals surface area contributed by atoms with E-state index in [0.717, 1.165) is 11.3 Å². The Morgan fingerprint density at radius 3 is 2.77 bits per heavy atom. The van der Waals surface area contributed by atoms with Crippen LogP contribution in [0.1, 0.15) is 23.0 Å². The molecular formula is C16H20N2O2S2. The molecule has 2 aromatic rings. The lowest BCUT2D eigenvalue weighted by molar-refractivity contribution is 0.0935. The standard InChI is InChI=1S/C16H20N2O2S2/c1-10-13(16(20)18-11(2)15(8-19)21-3)4-5-14(17-10)12-6-7-22-9-12/h4-7,9,11,15,19H,8H2,1-3H3,(H,18,20). The van der Waals surface area contributed by atoms with Crippen molar-refractivity contribution in [1.82, 2.24) is 10.3 Å². The summed E-state index contributed by atoms with van der Waals surface area (Å²) in [6.45, 7) is 3.78. The van der Waals surface area contributed by atoms with Gasteiger partial charge in [0.25, 0.3) is 5.91 Å². The van der Waals surface area contributed by atoms with Crippen molar-refractivity contribution in [3.8, 4) is 11.3 Å². The van der Waals surface area contributed by atoms with E-state index >= 15 is 0 Å². The number of thiophene rings is 1. The number of carbonyl (C=O) groups excluding carboxylic acids is 1. The molecule has 2 rings (SSSR count). The van der Waals surface area contributed by atoms with Crippen molar-refractivity contribution in [2.24, 2.45) is 0 Å². The Morgan fingerprint density at radius 1 is 1.45 bits per heavy atom. The lowest BCUT2D eigenvalue weighted by atomic mass is 10.1. The molecule has 0 aromatic carbocycles. The Bertz CT molecular complexity index is 625. The van der Waals surface area contributed by atoms with Crippen LogP contribution in [0.25, 0.3) is 11.3 Å². The highest BCUT2D eigenvalue weighted by Gasteiger charge is 2.19. The van der Waals surface area contributed by atoms with Crippen LogP contribution in [0.2, 0.25) is 0 Å². The van der Waals surface area contributed by atoms with Gasteiger partial charge in [-0.1, -0.05) is 0 Å². The van der Waals surface area contributed by atoms with Gasteiger partial charge in [0.1, 0.15) is 0 Å². The average Bonchev–Trinajstić information content (AvgIpc) is 3.02. The first kappa shape index (κ1) is 17.0. The van der Waals surface area contributed by atoms with E-state index in [-0.39, 0.29) is 23.8 Å². The molecule has 6 heteroatoms. The Labute approximate surface area is 139 Å². The van der Waals surface area contributed by atoms with Crippen LogP contribution in [0, 0.1) is 6.92 Å². The summed E-state index contributed by atoms with van der Waals surface area (Å²) in [5, 5.41) is 16.3. The number of aliphatic hydroxyl groups is 1. The summed E-state index contributed by atoms with van der Waals surface area (Å²) in [6, 6.07) is 5.58. The summed E-state index contributed by atoms with van der Waals surface area (Å²) >= 11 is 3.16. The lowest BCUT2D eigenvalue weighted by Crippen LogP contribution is -2.41.